The Kier molecular flexibility index (Phi) is 7.38. The molecule has 1 aromatic carbocycles. The van der Waals surface area contributed by atoms with E-state index in [1.807, 2.05) is 35.0 Å². The maximum Gasteiger partial charge on any atom is 0.227 e. The van der Waals surface area contributed by atoms with Crippen molar-refractivity contribution in [3.05, 3.63) is 43.0 Å². The van der Waals surface area contributed by atoms with Crippen molar-refractivity contribution < 1.29 is 4.79 Å². The number of anilines is 1. The number of halogens is 2. The second-order valence-electron chi connectivity index (χ2n) is 5.00. The summed E-state index contributed by atoms with van der Waals surface area (Å²) >= 11 is 0. The number of benzene rings is 1. The maximum atomic E-state index is 12.3. The Balaban J connectivity index is 0.00000121. The summed E-state index contributed by atoms with van der Waals surface area (Å²) in [7, 11) is 0. The van der Waals surface area contributed by atoms with Crippen LogP contribution < -0.4 is 10.6 Å². The monoisotopic (exact) mass is 342 g/mol. The number of rotatable bonds is 3. The van der Waals surface area contributed by atoms with Gasteiger partial charge < -0.3 is 15.2 Å². The smallest absolute Gasteiger partial charge is 0.227 e. The number of nitrogens with zero attached hydrogens (tertiary/aromatic N) is 2. The van der Waals surface area contributed by atoms with Crippen molar-refractivity contribution in [3.63, 3.8) is 0 Å². The highest BCUT2D eigenvalue weighted by Crippen LogP contribution is 2.22. The fraction of sp³-hybridized carbons (Fsp3) is 0.333. The lowest BCUT2D eigenvalue weighted by Crippen LogP contribution is -2.34. The highest BCUT2D eigenvalue weighted by molar-refractivity contribution is 5.94. The van der Waals surface area contributed by atoms with Crippen molar-refractivity contribution in [2.75, 3.05) is 18.4 Å². The van der Waals surface area contributed by atoms with Gasteiger partial charge in [-0.3, -0.25) is 4.79 Å². The highest BCUT2D eigenvalue weighted by Gasteiger charge is 2.21. The number of carbonyl (C=O) groups excluding carboxylic acids is 1. The SMILES string of the molecule is Cl.Cl.O=C(Nc1ccccc1-n1ccnc1)C1CCNCC1. The van der Waals surface area contributed by atoms with Gasteiger partial charge in [-0.05, 0) is 38.1 Å². The van der Waals surface area contributed by atoms with Crippen LogP contribution in [-0.4, -0.2) is 28.5 Å². The zero-order valence-electron chi connectivity index (χ0n) is 12.1. The minimum atomic E-state index is 0. The fourth-order valence-electron chi connectivity index (χ4n) is 2.53. The third-order valence-electron chi connectivity index (χ3n) is 3.65. The van der Waals surface area contributed by atoms with E-state index in [0.717, 1.165) is 37.3 Å². The first kappa shape index (κ1) is 18.5. The number of carbonyl (C=O) groups is 1. The molecule has 0 saturated carbocycles. The van der Waals surface area contributed by atoms with Gasteiger partial charge in [-0.15, -0.1) is 24.8 Å². The summed E-state index contributed by atoms with van der Waals surface area (Å²) in [6, 6.07) is 7.78. The van der Waals surface area contributed by atoms with E-state index in [9.17, 15) is 4.79 Å². The summed E-state index contributed by atoms with van der Waals surface area (Å²) in [5, 5.41) is 6.33. The second kappa shape index (κ2) is 8.78. The molecule has 0 bridgehead atoms. The molecule has 1 amide bonds. The highest BCUT2D eigenvalue weighted by atomic mass is 35.5. The van der Waals surface area contributed by atoms with Gasteiger partial charge in [0.05, 0.1) is 17.7 Å². The molecule has 22 heavy (non-hydrogen) atoms. The lowest BCUT2D eigenvalue weighted by atomic mass is 9.97. The van der Waals surface area contributed by atoms with E-state index in [0.29, 0.717) is 0 Å². The quantitative estimate of drug-likeness (QED) is 0.901. The Morgan fingerprint density at radius 3 is 2.64 bits per heavy atom. The Bertz CT molecular complexity index is 583. The van der Waals surface area contributed by atoms with Crippen LogP contribution in [0.2, 0.25) is 0 Å². The first-order chi connectivity index (χ1) is 9.84. The van der Waals surface area contributed by atoms with Crippen molar-refractivity contribution >= 4 is 36.4 Å². The minimum Gasteiger partial charge on any atom is -0.324 e. The minimum absolute atomic E-state index is 0. The van der Waals surface area contributed by atoms with Gasteiger partial charge in [0.1, 0.15) is 0 Å². The third-order valence-corrected chi connectivity index (χ3v) is 3.65. The molecule has 1 fully saturated rings. The maximum absolute atomic E-state index is 12.3. The van der Waals surface area contributed by atoms with Crippen molar-refractivity contribution in [2.24, 2.45) is 5.92 Å². The summed E-state index contributed by atoms with van der Waals surface area (Å²) in [6.45, 7) is 1.84. The lowest BCUT2D eigenvalue weighted by Gasteiger charge is -2.22. The second-order valence-corrected chi connectivity index (χ2v) is 5.00. The van der Waals surface area contributed by atoms with Crippen LogP contribution in [0, 0.1) is 5.92 Å². The van der Waals surface area contributed by atoms with Gasteiger partial charge in [-0.2, -0.15) is 0 Å². The summed E-state index contributed by atoms with van der Waals surface area (Å²) in [5.74, 6) is 0.214. The van der Waals surface area contributed by atoms with E-state index in [1.165, 1.54) is 0 Å². The average Bonchev–Trinajstić information content (AvgIpc) is 3.03. The van der Waals surface area contributed by atoms with E-state index in [4.69, 9.17) is 0 Å². The van der Waals surface area contributed by atoms with Crippen molar-refractivity contribution in [1.82, 2.24) is 14.9 Å². The van der Waals surface area contributed by atoms with Crippen LogP contribution in [0.4, 0.5) is 5.69 Å². The van der Waals surface area contributed by atoms with Gasteiger partial charge in [0.15, 0.2) is 0 Å². The van der Waals surface area contributed by atoms with Crippen molar-refractivity contribution in [3.8, 4) is 5.69 Å². The number of amides is 1. The summed E-state index contributed by atoms with van der Waals surface area (Å²) in [5.41, 5.74) is 1.77. The molecule has 2 heterocycles. The number of nitrogens with one attached hydrogen (secondary N) is 2. The van der Waals surface area contributed by atoms with E-state index < -0.39 is 0 Å². The molecule has 5 nitrogen and oxygen atoms in total. The Morgan fingerprint density at radius 1 is 1.23 bits per heavy atom. The molecule has 1 aliphatic rings. The first-order valence-electron chi connectivity index (χ1n) is 6.93. The van der Waals surface area contributed by atoms with Crippen LogP contribution in [0.1, 0.15) is 12.8 Å². The summed E-state index contributed by atoms with van der Waals surface area (Å²) in [4.78, 5) is 16.4. The third kappa shape index (κ3) is 4.22. The Hall–Kier alpha value is -1.56. The lowest BCUT2D eigenvalue weighted by molar-refractivity contribution is -0.120. The van der Waals surface area contributed by atoms with Gasteiger partial charge in [0.25, 0.3) is 0 Å². The van der Waals surface area contributed by atoms with Crippen LogP contribution >= 0.6 is 24.8 Å². The number of imidazole rings is 1. The summed E-state index contributed by atoms with van der Waals surface area (Å²) in [6.07, 6.45) is 7.13. The predicted octanol–water partition coefficient (Wildman–Crippen LogP) is 2.65. The van der Waals surface area contributed by atoms with Crippen LogP contribution in [0.25, 0.3) is 5.69 Å². The molecule has 2 N–H and O–H groups in total. The number of hydrogen-bond donors (Lipinski definition) is 2. The van der Waals surface area contributed by atoms with Crippen LogP contribution in [0.5, 0.6) is 0 Å². The molecule has 0 radical (unpaired) electrons. The molecule has 7 heteroatoms. The molecule has 2 aromatic rings. The number of aromatic nitrogens is 2. The summed E-state index contributed by atoms with van der Waals surface area (Å²) < 4.78 is 1.90. The molecule has 1 saturated heterocycles. The molecule has 3 rings (SSSR count). The van der Waals surface area contributed by atoms with Gasteiger partial charge >= 0.3 is 0 Å². The molecule has 0 aliphatic carbocycles. The fourth-order valence-corrected chi connectivity index (χ4v) is 2.53. The number of piperidine rings is 1. The molecule has 120 valence electrons. The molecular formula is C15H20Cl2N4O. The van der Waals surface area contributed by atoms with E-state index >= 15 is 0 Å². The van der Waals surface area contributed by atoms with Gasteiger partial charge in [-0.1, -0.05) is 12.1 Å². The van der Waals surface area contributed by atoms with Crippen molar-refractivity contribution in [1.29, 1.82) is 0 Å². The normalized spacial score (nSPS) is 14.5. The molecular weight excluding hydrogens is 323 g/mol. The molecule has 1 aromatic heterocycles. The average molecular weight is 343 g/mol. The molecule has 0 spiro atoms. The van der Waals surface area contributed by atoms with E-state index in [2.05, 4.69) is 15.6 Å². The number of para-hydroxylation sites is 2. The Labute approximate surface area is 142 Å². The molecule has 0 unspecified atom stereocenters. The standard InChI is InChI=1S/C15H18N4O.2ClH/c20-15(12-5-7-16-8-6-12)18-13-3-1-2-4-14(13)19-10-9-17-11-19;;/h1-4,9-12,16H,5-8H2,(H,18,20);2*1H. The largest absolute Gasteiger partial charge is 0.324 e. The van der Waals surface area contributed by atoms with Gasteiger partial charge in [-0.25, -0.2) is 4.98 Å². The van der Waals surface area contributed by atoms with Gasteiger partial charge in [0.2, 0.25) is 5.91 Å². The van der Waals surface area contributed by atoms with Crippen molar-refractivity contribution in [2.45, 2.75) is 12.8 Å². The Morgan fingerprint density at radius 2 is 1.95 bits per heavy atom. The number of hydrogen-bond acceptors (Lipinski definition) is 3. The van der Waals surface area contributed by atoms with Crippen LogP contribution in [0.3, 0.4) is 0 Å². The first-order valence-corrected chi connectivity index (χ1v) is 6.93. The zero-order valence-corrected chi connectivity index (χ0v) is 13.7. The van der Waals surface area contributed by atoms with E-state index in [-0.39, 0.29) is 36.6 Å². The van der Waals surface area contributed by atoms with Crippen LogP contribution in [-0.2, 0) is 4.79 Å². The molecule has 1 aliphatic heterocycles. The zero-order chi connectivity index (χ0) is 13.8. The molecule has 0 atom stereocenters. The van der Waals surface area contributed by atoms with Crippen LogP contribution in [0.15, 0.2) is 43.0 Å². The van der Waals surface area contributed by atoms with E-state index in [1.54, 1.807) is 12.5 Å². The van der Waals surface area contributed by atoms with Gasteiger partial charge in [0, 0.05) is 18.3 Å². The predicted molar refractivity (Wildman–Crippen MR) is 92.3 cm³/mol. The topological polar surface area (TPSA) is 59.0 Å².